The summed E-state index contributed by atoms with van der Waals surface area (Å²) in [6.07, 6.45) is 2.08. The Bertz CT molecular complexity index is 521. The molecule has 22 heavy (non-hydrogen) atoms. The van der Waals surface area contributed by atoms with Gasteiger partial charge in [-0.3, -0.25) is 9.59 Å². The summed E-state index contributed by atoms with van der Waals surface area (Å²) in [5.74, 6) is -0.844. The Balaban J connectivity index is 2.06. The van der Waals surface area contributed by atoms with Crippen molar-refractivity contribution in [1.29, 1.82) is 0 Å². The van der Waals surface area contributed by atoms with Gasteiger partial charge in [0.15, 0.2) is 5.78 Å². The third-order valence-corrected chi connectivity index (χ3v) is 4.53. The fraction of sp³-hybridized carbons (Fsp3) is 0.529. The number of rotatable bonds is 6. The number of carbonyl (C=O) groups excluding carboxylic acids is 1. The number of Topliss-reactive ketones (excluding diaryl/α,β-unsaturated/α-hetero) is 1. The molecular weight excluding hydrogens is 302 g/mol. The molecule has 4 nitrogen and oxygen atoms in total. The molecule has 1 heterocycles. The Morgan fingerprint density at radius 1 is 1.27 bits per heavy atom. The van der Waals surface area contributed by atoms with E-state index >= 15 is 0 Å². The number of carboxylic acid groups (broad SMARTS) is 1. The molecular formula is C17H22ClNO3. The summed E-state index contributed by atoms with van der Waals surface area (Å²) in [4.78, 5) is 25.9. The third-order valence-electron chi connectivity index (χ3n) is 4.28. The number of aliphatic carboxylic acids is 1. The molecule has 0 saturated carbocycles. The van der Waals surface area contributed by atoms with Crippen molar-refractivity contribution in [3.05, 3.63) is 34.9 Å². The van der Waals surface area contributed by atoms with Gasteiger partial charge in [0.1, 0.15) is 0 Å². The molecule has 0 radical (unpaired) electrons. The number of halogens is 1. The zero-order valence-electron chi connectivity index (χ0n) is 12.8. The highest BCUT2D eigenvalue weighted by molar-refractivity contribution is 6.30. The number of carbonyl (C=O) groups is 2. The number of carboxylic acids is 1. The van der Waals surface area contributed by atoms with Gasteiger partial charge in [0.2, 0.25) is 0 Å². The fourth-order valence-corrected chi connectivity index (χ4v) is 2.98. The standard InChI is InChI=1S/C17H22ClNO3/c1-12-6-8-19(9-7-12)11-14(10-16(20)21)17(22)13-2-4-15(18)5-3-13/h2-5,12,14H,6-11H2,1H3,(H,20,21). The summed E-state index contributed by atoms with van der Waals surface area (Å²) in [5.41, 5.74) is 0.529. The maximum Gasteiger partial charge on any atom is 0.304 e. The number of ketones is 1. The second-order valence-electron chi connectivity index (χ2n) is 6.15. The summed E-state index contributed by atoms with van der Waals surface area (Å²) in [7, 11) is 0. The molecule has 0 spiro atoms. The molecule has 1 aliphatic heterocycles. The summed E-state index contributed by atoms with van der Waals surface area (Å²) in [6.45, 7) is 4.61. The van der Waals surface area contributed by atoms with Crippen molar-refractivity contribution in [3.63, 3.8) is 0 Å². The van der Waals surface area contributed by atoms with Crippen LogP contribution in [0.15, 0.2) is 24.3 Å². The molecule has 0 amide bonds. The van der Waals surface area contributed by atoms with Gasteiger partial charge in [-0.15, -0.1) is 0 Å². The van der Waals surface area contributed by atoms with Gasteiger partial charge in [-0.05, 0) is 56.1 Å². The predicted octanol–water partition coefficient (Wildman–Crippen LogP) is 3.35. The second-order valence-corrected chi connectivity index (χ2v) is 6.59. The van der Waals surface area contributed by atoms with Crippen molar-refractivity contribution in [2.24, 2.45) is 11.8 Å². The van der Waals surface area contributed by atoms with Crippen LogP contribution in [-0.4, -0.2) is 41.4 Å². The van der Waals surface area contributed by atoms with E-state index in [-0.39, 0.29) is 12.2 Å². The van der Waals surface area contributed by atoms with Crippen LogP contribution in [0.25, 0.3) is 0 Å². The van der Waals surface area contributed by atoms with Gasteiger partial charge in [0.25, 0.3) is 0 Å². The van der Waals surface area contributed by atoms with E-state index in [9.17, 15) is 9.59 Å². The Morgan fingerprint density at radius 3 is 2.41 bits per heavy atom. The van der Waals surface area contributed by atoms with Crippen LogP contribution in [0.3, 0.4) is 0 Å². The number of likely N-dealkylation sites (tertiary alicyclic amines) is 1. The molecule has 1 N–H and O–H groups in total. The summed E-state index contributed by atoms with van der Waals surface area (Å²) < 4.78 is 0. The van der Waals surface area contributed by atoms with Gasteiger partial charge in [-0.25, -0.2) is 0 Å². The van der Waals surface area contributed by atoms with E-state index in [0.29, 0.717) is 23.0 Å². The molecule has 1 saturated heterocycles. The van der Waals surface area contributed by atoms with Gasteiger partial charge in [0.05, 0.1) is 6.42 Å². The molecule has 0 aliphatic carbocycles. The first-order valence-electron chi connectivity index (χ1n) is 7.69. The summed E-state index contributed by atoms with van der Waals surface area (Å²) in [5, 5.41) is 9.67. The maximum absolute atomic E-state index is 12.6. The van der Waals surface area contributed by atoms with E-state index in [4.69, 9.17) is 16.7 Å². The summed E-state index contributed by atoms with van der Waals surface area (Å²) >= 11 is 5.84. The first-order chi connectivity index (χ1) is 10.5. The fourth-order valence-electron chi connectivity index (χ4n) is 2.86. The van der Waals surface area contributed by atoms with E-state index < -0.39 is 11.9 Å². The SMILES string of the molecule is CC1CCN(CC(CC(=O)O)C(=O)c2ccc(Cl)cc2)CC1. The lowest BCUT2D eigenvalue weighted by Crippen LogP contribution is -2.39. The topological polar surface area (TPSA) is 57.6 Å². The molecule has 1 aromatic carbocycles. The second kappa shape index (κ2) is 7.75. The summed E-state index contributed by atoms with van der Waals surface area (Å²) in [6, 6.07) is 6.65. The molecule has 1 aliphatic rings. The van der Waals surface area contributed by atoms with E-state index in [1.165, 1.54) is 0 Å². The van der Waals surface area contributed by atoms with Crippen molar-refractivity contribution in [3.8, 4) is 0 Å². The normalized spacial score (nSPS) is 18.1. The average molecular weight is 324 g/mol. The van der Waals surface area contributed by atoms with Crippen molar-refractivity contribution < 1.29 is 14.7 Å². The van der Waals surface area contributed by atoms with Crippen LogP contribution in [0, 0.1) is 11.8 Å². The first kappa shape index (κ1) is 17.0. The molecule has 1 unspecified atom stereocenters. The Labute approximate surface area is 136 Å². The predicted molar refractivity (Wildman–Crippen MR) is 86.4 cm³/mol. The molecule has 1 aromatic rings. The highest BCUT2D eigenvalue weighted by atomic mass is 35.5. The third kappa shape index (κ3) is 4.82. The minimum atomic E-state index is -0.933. The van der Waals surface area contributed by atoms with Gasteiger partial charge < -0.3 is 10.0 Å². The largest absolute Gasteiger partial charge is 0.481 e. The minimum absolute atomic E-state index is 0.113. The van der Waals surface area contributed by atoms with E-state index in [1.807, 2.05) is 0 Å². The number of piperidine rings is 1. The molecule has 0 aromatic heterocycles. The van der Waals surface area contributed by atoms with Crippen LogP contribution in [0.2, 0.25) is 5.02 Å². The quantitative estimate of drug-likeness (QED) is 0.816. The Morgan fingerprint density at radius 2 is 1.86 bits per heavy atom. The molecule has 1 atom stereocenters. The van der Waals surface area contributed by atoms with E-state index in [2.05, 4.69) is 11.8 Å². The van der Waals surface area contributed by atoms with Gasteiger partial charge in [-0.1, -0.05) is 18.5 Å². The average Bonchev–Trinajstić information content (AvgIpc) is 2.48. The van der Waals surface area contributed by atoms with Crippen LogP contribution in [-0.2, 0) is 4.79 Å². The lowest BCUT2D eigenvalue weighted by Gasteiger charge is -2.32. The molecule has 0 bridgehead atoms. The lowest BCUT2D eigenvalue weighted by molar-refractivity contribution is -0.137. The van der Waals surface area contributed by atoms with E-state index in [0.717, 1.165) is 25.9 Å². The van der Waals surface area contributed by atoms with Crippen LogP contribution >= 0.6 is 11.6 Å². The number of nitrogens with zero attached hydrogens (tertiary/aromatic N) is 1. The lowest BCUT2D eigenvalue weighted by atomic mass is 9.92. The van der Waals surface area contributed by atoms with Gasteiger partial charge in [0, 0.05) is 23.0 Å². The van der Waals surface area contributed by atoms with Crippen molar-refractivity contribution >= 4 is 23.4 Å². The zero-order chi connectivity index (χ0) is 16.1. The monoisotopic (exact) mass is 323 g/mol. The molecule has 2 rings (SSSR count). The smallest absolute Gasteiger partial charge is 0.304 e. The Kier molecular flexibility index (Phi) is 5.98. The minimum Gasteiger partial charge on any atom is -0.481 e. The number of hydrogen-bond donors (Lipinski definition) is 1. The first-order valence-corrected chi connectivity index (χ1v) is 8.07. The van der Waals surface area contributed by atoms with Gasteiger partial charge in [-0.2, -0.15) is 0 Å². The number of hydrogen-bond acceptors (Lipinski definition) is 3. The Hall–Kier alpha value is -1.39. The van der Waals surface area contributed by atoms with E-state index in [1.54, 1.807) is 24.3 Å². The van der Waals surface area contributed by atoms with Crippen molar-refractivity contribution in [2.75, 3.05) is 19.6 Å². The van der Waals surface area contributed by atoms with Crippen LogP contribution in [0.4, 0.5) is 0 Å². The zero-order valence-corrected chi connectivity index (χ0v) is 13.6. The van der Waals surface area contributed by atoms with Crippen LogP contribution < -0.4 is 0 Å². The van der Waals surface area contributed by atoms with Crippen LogP contribution in [0.5, 0.6) is 0 Å². The van der Waals surface area contributed by atoms with Gasteiger partial charge >= 0.3 is 5.97 Å². The maximum atomic E-state index is 12.6. The van der Waals surface area contributed by atoms with Crippen molar-refractivity contribution in [1.82, 2.24) is 4.90 Å². The van der Waals surface area contributed by atoms with Crippen LogP contribution in [0.1, 0.15) is 36.5 Å². The molecule has 120 valence electrons. The molecule has 5 heteroatoms. The van der Waals surface area contributed by atoms with Crippen molar-refractivity contribution in [2.45, 2.75) is 26.2 Å². The highest BCUT2D eigenvalue weighted by Gasteiger charge is 2.27. The molecule has 1 fully saturated rings. The number of benzene rings is 1. The highest BCUT2D eigenvalue weighted by Crippen LogP contribution is 2.21.